The molecule has 102 valence electrons. The first-order valence-corrected chi connectivity index (χ1v) is 7.26. The van der Waals surface area contributed by atoms with Crippen LogP contribution >= 0.6 is 0 Å². The molecule has 0 unspecified atom stereocenters. The standard InChI is InChI=1S/C14H30N2O/c1-2-3-4-5-6-7-8-9-10-11-12-16-13-14(15)17/h16H,2-13H2,1H3,(H2,15,17). The third-order valence-corrected chi connectivity index (χ3v) is 3.01. The zero-order chi connectivity index (χ0) is 12.8. The number of carbonyl (C=O) groups excluding carboxylic acids is 1. The van der Waals surface area contributed by atoms with Gasteiger partial charge in [-0.3, -0.25) is 4.79 Å². The van der Waals surface area contributed by atoms with E-state index in [2.05, 4.69) is 12.2 Å². The molecule has 0 rings (SSSR count). The van der Waals surface area contributed by atoms with Gasteiger partial charge in [0.2, 0.25) is 5.91 Å². The molecule has 0 fully saturated rings. The molecule has 3 nitrogen and oxygen atoms in total. The molecule has 17 heavy (non-hydrogen) atoms. The summed E-state index contributed by atoms with van der Waals surface area (Å²) in [6, 6.07) is 0. The van der Waals surface area contributed by atoms with Crippen molar-refractivity contribution in [2.45, 2.75) is 71.1 Å². The molecule has 0 radical (unpaired) electrons. The van der Waals surface area contributed by atoms with Gasteiger partial charge in [0.05, 0.1) is 6.54 Å². The Balaban J connectivity index is 2.91. The number of nitrogens with one attached hydrogen (secondary N) is 1. The van der Waals surface area contributed by atoms with Crippen LogP contribution in [0.25, 0.3) is 0 Å². The minimum absolute atomic E-state index is 0.267. The molecule has 0 bridgehead atoms. The van der Waals surface area contributed by atoms with Crippen molar-refractivity contribution in [3.05, 3.63) is 0 Å². The van der Waals surface area contributed by atoms with Crippen LogP contribution in [0.3, 0.4) is 0 Å². The van der Waals surface area contributed by atoms with Crippen molar-refractivity contribution >= 4 is 5.91 Å². The second kappa shape index (κ2) is 13.5. The average Bonchev–Trinajstić information content (AvgIpc) is 2.30. The summed E-state index contributed by atoms with van der Waals surface area (Å²) in [7, 11) is 0. The molecular weight excluding hydrogens is 212 g/mol. The first-order valence-electron chi connectivity index (χ1n) is 7.26. The van der Waals surface area contributed by atoms with E-state index in [0.29, 0.717) is 6.54 Å². The van der Waals surface area contributed by atoms with Gasteiger partial charge in [0.15, 0.2) is 0 Å². The third kappa shape index (κ3) is 15.4. The van der Waals surface area contributed by atoms with E-state index >= 15 is 0 Å². The van der Waals surface area contributed by atoms with E-state index in [1.54, 1.807) is 0 Å². The van der Waals surface area contributed by atoms with Crippen molar-refractivity contribution in [3.8, 4) is 0 Å². The molecule has 1 amide bonds. The van der Waals surface area contributed by atoms with Crippen LogP contribution < -0.4 is 11.1 Å². The summed E-state index contributed by atoms with van der Waals surface area (Å²) in [6.45, 7) is 3.49. The van der Waals surface area contributed by atoms with Crippen molar-refractivity contribution < 1.29 is 4.79 Å². The molecule has 0 aromatic carbocycles. The maximum atomic E-state index is 10.4. The summed E-state index contributed by atoms with van der Waals surface area (Å²) in [5.74, 6) is -0.267. The summed E-state index contributed by atoms with van der Waals surface area (Å²) >= 11 is 0. The molecule has 0 aliphatic carbocycles. The number of hydrogen-bond acceptors (Lipinski definition) is 2. The highest BCUT2D eigenvalue weighted by Gasteiger charge is 1.94. The maximum absolute atomic E-state index is 10.4. The lowest BCUT2D eigenvalue weighted by Gasteiger charge is -2.03. The van der Waals surface area contributed by atoms with Gasteiger partial charge in [-0.15, -0.1) is 0 Å². The Morgan fingerprint density at radius 1 is 0.882 bits per heavy atom. The highest BCUT2D eigenvalue weighted by Crippen LogP contribution is 2.10. The van der Waals surface area contributed by atoms with E-state index in [0.717, 1.165) is 13.0 Å². The second-order valence-corrected chi connectivity index (χ2v) is 4.83. The van der Waals surface area contributed by atoms with E-state index in [1.165, 1.54) is 57.8 Å². The fraction of sp³-hybridized carbons (Fsp3) is 0.929. The number of hydrogen-bond donors (Lipinski definition) is 2. The number of unbranched alkanes of at least 4 members (excludes halogenated alkanes) is 9. The minimum atomic E-state index is -0.267. The zero-order valence-corrected chi connectivity index (χ0v) is 11.5. The van der Waals surface area contributed by atoms with Crippen molar-refractivity contribution in [1.29, 1.82) is 0 Å². The van der Waals surface area contributed by atoms with Crippen LogP contribution in [0.2, 0.25) is 0 Å². The second-order valence-electron chi connectivity index (χ2n) is 4.83. The van der Waals surface area contributed by atoms with Gasteiger partial charge in [0.25, 0.3) is 0 Å². The predicted molar refractivity (Wildman–Crippen MR) is 73.9 cm³/mol. The normalized spacial score (nSPS) is 10.6. The molecule has 0 aliphatic heterocycles. The first kappa shape index (κ1) is 16.4. The van der Waals surface area contributed by atoms with Gasteiger partial charge in [-0.1, -0.05) is 64.7 Å². The summed E-state index contributed by atoms with van der Waals surface area (Å²) in [6.07, 6.45) is 13.4. The van der Waals surface area contributed by atoms with Crippen LogP contribution in [0.1, 0.15) is 71.1 Å². The molecule has 0 aromatic rings. The summed E-state index contributed by atoms with van der Waals surface area (Å²) in [5, 5.41) is 3.04. The fourth-order valence-corrected chi connectivity index (χ4v) is 1.95. The lowest BCUT2D eigenvalue weighted by molar-refractivity contribution is -0.117. The van der Waals surface area contributed by atoms with E-state index in [4.69, 9.17) is 5.73 Å². The first-order chi connectivity index (χ1) is 8.27. The fourth-order valence-electron chi connectivity index (χ4n) is 1.95. The van der Waals surface area contributed by atoms with E-state index in [9.17, 15) is 4.79 Å². The molecular formula is C14H30N2O. The Hall–Kier alpha value is -0.570. The monoisotopic (exact) mass is 242 g/mol. The summed E-state index contributed by atoms with van der Waals surface area (Å²) < 4.78 is 0. The van der Waals surface area contributed by atoms with Gasteiger partial charge in [-0.05, 0) is 13.0 Å². The molecule has 0 spiro atoms. The van der Waals surface area contributed by atoms with Crippen LogP contribution in [0.5, 0.6) is 0 Å². The van der Waals surface area contributed by atoms with Crippen molar-refractivity contribution in [1.82, 2.24) is 5.32 Å². The smallest absolute Gasteiger partial charge is 0.231 e. The predicted octanol–water partition coefficient (Wildman–Crippen LogP) is 2.98. The molecule has 3 heteroatoms. The Labute approximate surface area is 107 Å². The molecule has 0 aromatic heterocycles. The van der Waals surface area contributed by atoms with Crippen LogP contribution in [0.4, 0.5) is 0 Å². The number of nitrogens with two attached hydrogens (primary N) is 1. The minimum Gasteiger partial charge on any atom is -0.369 e. The average molecular weight is 242 g/mol. The number of amides is 1. The lowest BCUT2D eigenvalue weighted by Crippen LogP contribution is -2.29. The van der Waals surface area contributed by atoms with E-state index in [1.807, 2.05) is 0 Å². The highest BCUT2D eigenvalue weighted by atomic mass is 16.1. The van der Waals surface area contributed by atoms with Gasteiger partial charge >= 0.3 is 0 Å². The van der Waals surface area contributed by atoms with Gasteiger partial charge in [-0.2, -0.15) is 0 Å². The topological polar surface area (TPSA) is 55.1 Å². The molecule has 0 aliphatic rings. The quantitative estimate of drug-likeness (QED) is 0.488. The highest BCUT2D eigenvalue weighted by molar-refractivity contribution is 5.75. The lowest BCUT2D eigenvalue weighted by atomic mass is 10.1. The number of rotatable bonds is 13. The molecule has 0 saturated heterocycles. The Bertz CT molecular complexity index is 172. The summed E-state index contributed by atoms with van der Waals surface area (Å²) in [4.78, 5) is 10.4. The molecule has 3 N–H and O–H groups in total. The van der Waals surface area contributed by atoms with Crippen molar-refractivity contribution in [2.24, 2.45) is 5.73 Å². The summed E-state index contributed by atoms with van der Waals surface area (Å²) in [5.41, 5.74) is 5.02. The van der Waals surface area contributed by atoms with Gasteiger partial charge < -0.3 is 11.1 Å². The molecule has 0 saturated carbocycles. The van der Waals surface area contributed by atoms with Crippen LogP contribution in [-0.4, -0.2) is 19.0 Å². The number of carbonyl (C=O) groups is 1. The van der Waals surface area contributed by atoms with Crippen molar-refractivity contribution in [2.75, 3.05) is 13.1 Å². The Morgan fingerprint density at radius 3 is 1.82 bits per heavy atom. The van der Waals surface area contributed by atoms with Crippen molar-refractivity contribution in [3.63, 3.8) is 0 Å². The molecule has 0 atom stereocenters. The van der Waals surface area contributed by atoms with Crippen LogP contribution in [0.15, 0.2) is 0 Å². The Kier molecular flexibility index (Phi) is 13.0. The number of primary amides is 1. The van der Waals surface area contributed by atoms with Gasteiger partial charge in [0.1, 0.15) is 0 Å². The molecule has 0 heterocycles. The SMILES string of the molecule is CCCCCCCCCCCCNCC(N)=O. The maximum Gasteiger partial charge on any atom is 0.231 e. The van der Waals surface area contributed by atoms with E-state index < -0.39 is 0 Å². The van der Waals surface area contributed by atoms with Gasteiger partial charge in [-0.25, -0.2) is 0 Å². The zero-order valence-electron chi connectivity index (χ0n) is 11.5. The third-order valence-electron chi connectivity index (χ3n) is 3.01. The van der Waals surface area contributed by atoms with E-state index in [-0.39, 0.29) is 5.91 Å². The van der Waals surface area contributed by atoms with Crippen LogP contribution in [0, 0.1) is 0 Å². The van der Waals surface area contributed by atoms with Crippen LogP contribution in [-0.2, 0) is 4.79 Å². The Morgan fingerprint density at radius 2 is 1.35 bits per heavy atom. The largest absolute Gasteiger partial charge is 0.369 e. The van der Waals surface area contributed by atoms with Gasteiger partial charge in [0, 0.05) is 0 Å².